The molecule has 6 heteroatoms. The molecule has 2 aromatic rings. The van der Waals surface area contributed by atoms with Crippen molar-refractivity contribution in [3.05, 3.63) is 53.7 Å². The smallest absolute Gasteiger partial charge is 0.255 e. The molecular formula is C20H24N4O2. The Labute approximate surface area is 153 Å². The maximum atomic E-state index is 12.7. The van der Waals surface area contributed by atoms with Crippen LogP contribution in [0.2, 0.25) is 0 Å². The summed E-state index contributed by atoms with van der Waals surface area (Å²) >= 11 is 0. The van der Waals surface area contributed by atoms with Gasteiger partial charge in [0, 0.05) is 30.5 Å². The maximum Gasteiger partial charge on any atom is 0.255 e. The van der Waals surface area contributed by atoms with Gasteiger partial charge in [-0.1, -0.05) is 31.0 Å². The summed E-state index contributed by atoms with van der Waals surface area (Å²) in [5, 5.41) is 2.87. The van der Waals surface area contributed by atoms with Crippen LogP contribution in [-0.4, -0.2) is 29.9 Å². The molecule has 1 aromatic carbocycles. The number of pyridine rings is 1. The van der Waals surface area contributed by atoms with Gasteiger partial charge in [0.1, 0.15) is 5.82 Å². The first kappa shape index (κ1) is 17.9. The van der Waals surface area contributed by atoms with Gasteiger partial charge in [0.25, 0.3) is 5.91 Å². The van der Waals surface area contributed by atoms with Crippen LogP contribution in [0.4, 0.5) is 11.5 Å². The number of anilines is 2. The van der Waals surface area contributed by atoms with Crippen molar-refractivity contribution < 1.29 is 9.59 Å². The molecule has 26 heavy (non-hydrogen) atoms. The molecule has 0 radical (unpaired) electrons. The molecular weight excluding hydrogens is 328 g/mol. The van der Waals surface area contributed by atoms with Gasteiger partial charge in [0.05, 0.1) is 6.42 Å². The monoisotopic (exact) mass is 352 g/mol. The van der Waals surface area contributed by atoms with Crippen LogP contribution < -0.4 is 16.0 Å². The Balaban J connectivity index is 1.76. The summed E-state index contributed by atoms with van der Waals surface area (Å²) < 4.78 is 0. The standard InChI is InChI=1S/C20H24N4O2/c1-24(16-7-3-4-8-16)19-13-15(10-11-22-19)20(26)23-17-9-5-2-6-14(17)12-18(21)25/h2,5-6,9-11,13,16H,3-4,7-8,12H2,1H3,(H2,21,25)(H,23,26). The zero-order valence-electron chi connectivity index (χ0n) is 14.9. The number of nitrogens with zero attached hydrogens (tertiary/aromatic N) is 2. The molecule has 6 nitrogen and oxygen atoms in total. The number of amides is 2. The number of para-hydroxylation sites is 1. The van der Waals surface area contributed by atoms with Gasteiger partial charge in [0.2, 0.25) is 5.91 Å². The predicted molar refractivity (Wildman–Crippen MR) is 102 cm³/mol. The lowest BCUT2D eigenvalue weighted by atomic mass is 10.1. The number of hydrogen-bond donors (Lipinski definition) is 2. The Hall–Kier alpha value is -2.89. The number of hydrogen-bond acceptors (Lipinski definition) is 4. The van der Waals surface area contributed by atoms with Crippen molar-refractivity contribution in [3.8, 4) is 0 Å². The van der Waals surface area contributed by atoms with Crippen molar-refractivity contribution in [2.24, 2.45) is 5.73 Å². The number of primary amides is 1. The molecule has 1 heterocycles. The molecule has 3 rings (SSSR count). The van der Waals surface area contributed by atoms with Crippen LogP contribution in [-0.2, 0) is 11.2 Å². The second-order valence-corrected chi connectivity index (χ2v) is 6.71. The number of benzene rings is 1. The molecule has 0 spiro atoms. The van der Waals surface area contributed by atoms with E-state index in [2.05, 4.69) is 15.2 Å². The third-order valence-corrected chi connectivity index (χ3v) is 4.87. The topological polar surface area (TPSA) is 88.3 Å². The van der Waals surface area contributed by atoms with Crippen LogP contribution in [0, 0.1) is 0 Å². The number of aromatic nitrogens is 1. The first-order valence-electron chi connectivity index (χ1n) is 8.91. The van der Waals surface area contributed by atoms with E-state index in [-0.39, 0.29) is 12.3 Å². The summed E-state index contributed by atoms with van der Waals surface area (Å²) in [5.41, 5.74) is 7.11. The molecule has 1 fully saturated rings. The molecule has 0 bridgehead atoms. The highest BCUT2D eigenvalue weighted by Gasteiger charge is 2.21. The highest BCUT2D eigenvalue weighted by Crippen LogP contribution is 2.26. The SMILES string of the molecule is CN(c1cc(C(=O)Nc2ccccc2CC(N)=O)ccn1)C1CCCC1. The minimum absolute atomic E-state index is 0.0858. The van der Waals surface area contributed by atoms with Gasteiger partial charge in [-0.3, -0.25) is 9.59 Å². The number of rotatable bonds is 6. The number of nitrogens with two attached hydrogens (primary N) is 1. The van der Waals surface area contributed by atoms with E-state index < -0.39 is 5.91 Å². The van der Waals surface area contributed by atoms with Gasteiger partial charge in [-0.05, 0) is 36.6 Å². The molecule has 0 saturated heterocycles. The number of nitrogens with one attached hydrogen (secondary N) is 1. The normalized spacial score (nSPS) is 14.2. The van der Waals surface area contributed by atoms with Gasteiger partial charge < -0.3 is 16.0 Å². The highest BCUT2D eigenvalue weighted by atomic mass is 16.2. The van der Waals surface area contributed by atoms with E-state index >= 15 is 0 Å². The van der Waals surface area contributed by atoms with E-state index in [0.717, 1.165) is 18.7 Å². The molecule has 1 aliphatic carbocycles. The van der Waals surface area contributed by atoms with Gasteiger partial charge >= 0.3 is 0 Å². The first-order chi connectivity index (χ1) is 12.5. The highest BCUT2D eigenvalue weighted by molar-refractivity contribution is 6.05. The maximum absolute atomic E-state index is 12.7. The second kappa shape index (κ2) is 7.99. The van der Waals surface area contributed by atoms with Crippen LogP contribution >= 0.6 is 0 Å². The predicted octanol–water partition coefficient (Wildman–Crippen LogP) is 2.74. The zero-order valence-corrected chi connectivity index (χ0v) is 14.9. The van der Waals surface area contributed by atoms with E-state index in [4.69, 9.17) is 5.73 Å². The number of carbonyl (C=O) groups excluding carboxylic acids is 2. The van der Waals surface area contributed by atoms with Crippen molar-refractivity contribution in [2.75, 3.05) is 17.3 Å². The Morgan fingerprint density at radius 2 is 1.96 bits per heavy atom. The Morgan fingerprint density at radius 1 is 1.23 bits per heavy atom. The molecule has 3 N–H and O–H groups in total. The van der Waals surface area contributed by atoms with Crippen molar-refractivity contribution in [1.82, 2.24) is 4.98 Å². The van der Waals surface area contributed by atoms with E-state index in [0.29, 0.717) is 22.9 Å². The number of carbonyl (C=O) groups is 2. The first-order valence-corrected chi connectivity index (χ1v) is 8.91. The van der Waals surface area contributed by atoms with Gasteiger partial charge in [-0.25, -0.2) is 4.98 Å². The van der Waals surface area contributed by atoms with E-state index in [1.54, 1.807) is 24.4 Å². The molecule has 136 valence electrons. The van der Waals surface area contributed by atoms with Crippen LogP contribution in [0.15, 0.2) is 42.6 Å². The molecule has 1 aliphatic rings. The van der Waals surface area contributed by atoms with Crippen LogP contribution in [0.5, 0.6) is 0 Å². The fourth-order valence-electron chi connectivity index (χ4n) is 3.41. The average Bonchev–Trinajstić information content (AvgIpc) is 3.17. The summed E-state index contributed by atoms with van der Waals surface area (Å²) in [6.07, 6.45) is 6.55. The van der Waals surface area contributed by atoms with Crippen molar-refractivity contribution in [2.45, 2.75) is 38.1 Å². The summed E-state index contributed by atoms with van der Waals surface area (Å²) in [4.78, 5) is 30.5. The van der Waals surface area contributed by atoms with Gasteiger partial charge in [0.15, 0.2) is 0 Å². The van der Waals surface area contributed by atoms with Crippen molar-refractivity contribution in [1.29, 1.82) is 0 Å². The summed E-state index contributed by atoms with van der Waals surface area (Å²) in [5.74, 6) is 0.136. The van der Waals surface area contributed by atoms with Crippen molar-refractivity contribution >= 4 is 23.3 Å². The third kappa shape index (κ3) is 4.20. The van der Waals surface area contributed by atoms with E-state index in [1.807, 2.05) is 25.2 Å². The zero-order chi connectivity index (χ0) is 18.5. The van der Waals surface area contributed by atoms with Crippen LogP contribution in [0.25, 0.3) is 0 Å². The Bertz CT molecular complexity index is 800. The van der Waals surface area contributed by atoms with E-state index in [1.165, 1.54) is 12.8 Å². The minimum Gasteiger partial charge on any atom is -0.369 e. The molecule has 0 aliphatic heterocycles. The van der Waals surface area contributed by atoms with Crippen LogP contribution in [0.3, 0.4) is 0 Å². The lowest BCUT2D eigenvalue weighted by Crippen LogP contribution is -2.29. The average molecular weight is 352 g/mol. The lowest BCUT2D eigenvalue weighted by molar-refractivity contribution is -0.117. The molecule has 1 aromatic heterocycles. The summed E-state index contributed by atoms with van der Waals surface area (Å²) in [7, 11) is 2.03. The molecule has 2 amide bonds. The Morgan fingerprint density at radius 3 is 2.69 bits per heavy atom. The molecule has 0 unspecified atom stereocenters. The molecule has 1 saturated carbocycles. The largest absolute Gasteiger partial charge is 0.369 e. The minimum atomic E-state index is -0.434. The molecule has 0 atom stereocenters. The van der Waals surface area contributed by atoms with E-state index in [9.17, 15) is 9.59 Å². The van der Waals surface area contributed by atoms with Crippen molar-refractivity contribution in [3.63, 3.8) is 0 Å². The van der Waals surface area contributed by atoms with Gasteiger partial charge in [-0.2, -0.15) is 0 Å². The Kier molecular flexibility index (Phi) is 5.51. The van der Waals surface area contributed by atoms with Gasteiger partial charge in [-0.15, -0.1) is 0 Å². The second-order valence-electron chi connectivity index (χ2n) is 6.71. The fourth-order valence-corrected chi connectivity index (χ4v) is 3.41. The summed E-state index contributed by atoms with van der Waals surface area (Å²) in [6, 6.07) is 11.2. The van der Waals surface area contributed by atoms with Crippen LogP contribution in [0.1, 0.15) is 41.6 Å². The lowest BCUT2D eigenvalue weighted by Gasteiger charge is -2.25. The fraction of sp³-hybridized carbons (Fsp3) is 0.350. The summed E-state index contributed by atoms with van der Waals surface area (Å²) in [6.45, 7) is 0. The third-order valence-electron chi connectivity index (χ3n) is 4.87. The quantitative estimate of drug-likeness (QED) is 0.837.